The molecule has 158 valence electrons. The lowest BCUT2D eigenvalue weighted by Crippen LogP contribution is -2.17. The maximum atomic E-state index is 11.5. The van der Waals surface area contributed by atoms with E-state index in [2.05, 4.69) is 57.1 Å². The number of hydrogen-bond acceptors (Lipinski definition) is 7. The standard InChI is InChI=1S/C22H31N3O3S/c1-8-28-18(26)11-15-13-29-20(24-15)25-23-12-14-9-16(21(2,3)4)19(27)17(10-14)22(5,6)7/h9-10,12-13,27H,8,11H2,1-7H3,(H,24,25). The number of carbonyl (C=O) groups is 1. The lowest BCUT2D eigenvalue weighted by molar-refractivity contribution is -0.142. The van der Waals surface area contributed by atoms with Crippen LogP contribution in [0.1, 0.15) is 70.9 Å². The Morgan fingerprint density at radius 1 is 1.21 bits per heavy atom. The van der Waals surface area contributed by atoms with Gasteiger partial charge in [-0.05, 0) is 35.4 Å². The van der Waals surface area contributed by atoms with Gasteiger partial charge in [0.1, 0.15) is 5.75 Å². The van der Waals surface area contributed by atoms with Crippen LogP contribution in [0.5, 0.6) is 5.75 Å². The van der Waals surface area contributed by atoms with E-state index < -0.39 is 0 Å². The molecule has 0 bridgehead atoms. The van der Waals surface area contributed by atoms with E-state index in [1.165, 1.54) is 11.3 Å². The van der Waals surface area contributed by atoms with Gasteiger partial charge < -0.3 is 9.84 Å². The summed E-state index contributed by atoms with van der Waals surface area (Å²) in [5.74, 6) is 0.0556. The summed E-state index contributed by atoms with van der Waals surface area (Å²) in [4.78, 5) is 15.9. The number of nitrogens with zero attached hydrogens (tertiary/aromatic N) is 2. The highest BCUT2D eigenvalue weighted by atomic mass is 32.1. The zero-order chi connectivity index (χ0) is 21.8. The van der Waals surface area contributed by atoms with Crippen LogP contribution in [0, 0.1) is 0 Å². The van der Waals surface area contributed by atoms with E-state index in [0.717, 1.165) is 16.7 Å². The van der Waals surface area contributed by atoms with E-state index in [0.29, 0.717) is 23.2 Å². The maximum Gasteiger partial charge on any atom is 0.311 e. The Hall–Kier alpha value is -2.41. The summed E-state index contributed by atoms with van der Waals surface area (Å²) in [6, 6.07) is 3.92. The van der Waals surface area contributed by atoms with Crippen LogP contribution in [-0.4, -0.2) is 28.9 Å². The second-order valence-corrected chi connectivity index (χ2v) is 9.82. The van der Waals surface area contributed by atoms with Crippen molar-refractivity contribution < 1.29 is 14.6 Å². The highest BCUT2D eigenvalue weighted by molar-refractivity contribution is 7.13. The normalized spacial score (nSPS) is 12.4. The summed E-state index contributed by atoms with van der Waals surface area (Å²) in [6.07, 6.45) is 1.87. The molecule has 0 aliphatic heterocycles. The van der Waals surface area contributed by atoms with Gasteiger partial charge in [0.25, 0.3) is 0 Å². The third-order valence-electron chi connectivity index (χ3n) is 4.30. The first-order valence-corrected chi connectivity index (χ1v) is 10.6. The molecule has 0 saturated carbocycles. The molecule has 29 heavy (non-hydrogen) atoms. The number of nitrogens with one attached hydrogen (secondary N) is 1. The number of hydrazone groups is 1. The molecule has 2 rings (SSSR count). The molecular formula is C22H31N3O3S. The van der Waals surface area contributed by atoms with Gasteiger partial charge in [0.2, 0.25) is 5.13 Å². The number of ether oxygens (including phenoxy) is 1. The van der Waals surface area contributed by atoms with Gasteiger partial charge in [-0.1, -0.05) is 41.5 Å². The zero-order valence-electron chi connectivity index (χ0n) is 18.3. The van der Waals surface area contributed by atoms with Gasteiger partial charge in [0.05, 0.1) is 24.9 Å². The second kappa shape index (κ2) is 8.95. The van der Waals surface area contributed by atoms with Crippen LogP contribution < -0.4 is 5.43 Å². The van der Waals surface area contributed by atoms with Crippen molar-refractivity contribution in [2.24, 2.45) is 5.10 Å². The Balaban J connectivity index is 2.20. The first kappa shape index (κ1) is 22.9. The van der Waals surface area contributed by atoms with E-state index in [4.69, 9.17) is 4.74 Å². The van der Waals surface area contributed by atoms with Gasteiger partial charge in [-0.15, -0.1) is 11.3 Å². The lowest BCUT2D eigenvalue weighted by Gasteiger charge is -2.27. The van der Waals surface area contributed by atoms with Crippen molar-refractivity contribution in [3.63, 3.8) is 0 Å². The smallest absolute Gasteiger partial charge is 0.311 e. The van der Waals surface area contributed by atoms with Crippen molar-refractivity contribution in [1.29, 1.82) is 0 Å². The predicted octanol–water partition coefficient (Wildman–Crippen LogP) is 5.00. The van der Waals surface area contributed by atoms with Crippen LogP contribution in [-0.2, 0) is 26.8 Å². The molecule has 0 spiro atoms. The SMILES string of the molecule is CCOC(=O)Cc1csc(NN=Cc2cc(C(C)(C)C)c(O)c(C(C)(C)C)c2)n1. The molecule has 0 amide bonds. The third-order valence-corrected chi connectivity index (χ3v) is 5.10. The monoisotopic (exact) mass is 417 g/mol. The van der Waals surface area contributed by atoms with Crippen molar-refractivity contribution >= 4 is 28.7 Å². The number of aromatic hydroxyl groups is 1. The molecule has 7 heteroatoms. The zero-order valence-corrected chi connectivity index (χ0v) is 19.1. The molecule has 2 N–H and O–H groups in total. The van der Waals surface area contributed by atoms with Crippen molar-refractivity contribution in [3.05, 3.63) is 39.9 Å². The van der Waals surface area contributed by atoms with Gasteiger partial charge in [0.15, 0.2) is 0 Å². The number of hydrogen-bond donors (Lipinski definition) is 2. The Morgan fingerprint density at radius 2 is 1.79 bits per heavy atom. The van der Waals surface area contributed by atoms with Gasteiger partial charge in [-0.25, -0.2) is 4.98 Å². The number of thiazole rings is 1. The van der Waals surface area contributed by atoms with Crippen LogP contribution in [0.25, 0.3) is 0 Å². The maximum absolute atomic E-state index is 11.5. The summed E-state index contributed by atoms with van der Waals surface area (Å²) in [7, 11) is 0. The molecule has 0 aliphatic rings. The fraction of sp³-hybridized carbons (Fsp3) is 0.500. The van der Waals surface area contributed by atoms with Gasteiger partial charge >= 0.3 is 5.97 Å². The highest BCUT2D eigenvalue weighted by Gasteiger charge is 2.26. The number of esters is 1. The number of rotatable bonds is 6. The van der Waals surface area contributed by atoms with Crippen LogP contribution in [0.4, 0.5) is 5.13 Å². The summed E-state index contributed by atoms with van der Waals surface area (Å²) in [6.45, 7) is 14.6. The van der Waals surface area contributed by atoms with Crippen LogP contribution in [0.15, 0.2) is 22.6 Å². The van der Waals surface area contributed by atoms with Crippen LogP contribution in [0.3, 0.4) is 0 Å². The first-order valence-electron chi connectivity index (χ1n) is 9.69. The molecule has 2 aromatic rings. The molecule has 1 aromatic carbocycles. The minimum Gasteiger partial charge on any atom is -0.507 e. The highest BCUT2D eigenvalue weighted by Crippen LogP contribution is 2.39. The molecule has 0 radical (unpaired) electrons. The first-order chi connectivity index (χ1) is 13.4. The summed E-state index contributed by atoms with van der Waals surface area (Å²) < 4.78 is 4.94. The minimum absolute atomic E-state index is 0.150. The number of anilines is 1. The minimum atomic E-state index is -0.290. The molecule has 0 aliphatic carbocycles. The van der Waals surface area contributed by atoms with E-state index in [-0.39, 0.29) is 23.2 Å². The number of phenols is 1. The molecule has 0 fully saturated rings. The van der Waals surface area contributed by atoms with Crippen molar-refractivity contribution in [1.82, 2.24) is 4.98 Å². The average molecular weight is 418 g/mol. The van der Waals surface area contributed by atoms with Crippen molar-refractivity contribution in [2.75, 3.05) is 12.0 Å². The largest absolute Gasteiger partial charge is 0.507 e. The topological polar surface area (TPSA) is 83.8 Å². The fourth-order valence-corrected chi connectivity index (χ4v) is 3.50. The van der Waals surface area contributed by atoms with Gasteiger partial charge in [-0.2, -0.15) is 5.10 Å². The van der Waals surface area contributed by atoms with E-state index >= 15 is 0 Å². The Kier molecular flexibility index (Phi) is 7.06. The summed E-state index contributed by atoms with van der Waals surface area (Å²) in [5.41, 5.74) is 5.84. The molecule has 1 aromatic heterocycles. The molecule has 0 unspecified atom stereocenters. The number of phenolic OH excluding ortho intramolecular Hbond substituents is 1. The second-order valence-electron chi connectivity index (χ2n) is 8.96. The Labute approximate surface area is 177 Å². The molecule has 1 heterocycles. The number of benzene rings is 1. The van der Waals surface area contributed by atoms with Crippen LogP contribution in [0.2, 0.25) is 0 Å². The molecular weight excluding hydrogens is 386 g/mol. The Morgan fingerprint density at radius 3 is 2.31 bits per heavy atom. The van der Waals surface area contributed by atoms with E-state index in [9.17, 15) is 9.90 Å². The molecule has 0 saturated heterocycles. The quantitative estimate of drug-likeness (QED) is 0.393. The fourth-order valence-electron chi connectivity index (χ4n) is 2.84. The molecule has 0 atom stereocenters. The average Bonchev–Trinajstić information content (AvgIpc) is 3.01. The number of carbonyl (C=O) groups excluding carboxylic acids is 1. The lowest BCUT2D eigenvalue weighted by atomic mass is 9.78. The van der Waals surface area contributed by atoms with Gasteiger partial charge in [-0.3, -0.25) is 10.2 Å². The molecule has 6 nitrogen and oxygen atoms in total. The summed E-state index contributed by atoms with van der Waals surface area (Å²) in [5, 5.41) is 17.5. The van der Waals surface area contributed by atoms with E-state index in [1.807, 2.05) is 17.5 Å². The van der Waals surface area contributed by atoms with Gasteiger partial charge in [0, 0.05) is 16.5 Å². The predicted molar refractivity (Wildman–Crippen MR) is 119 cm³/mol. The van der Waals surface area contributed by atoms with Crippen LogP contribution >= 0.6 is 11.3 Å². The number of aromatic nitrogens is 1. The third kappa shape index (κ3) is 6.29. The Bertz CT molecular complexity index is 854. The van der Waals surface area contributed by atoms with Crippen molar-refractivity contribution in [2.45, 2.75) is 65.7 Å². The van der Waals surface area contributed by atoms with E-state index in [1.54, 1.807) is 13.1 Å². The summed E-state index contributed by atoms with van der Waals surface area (Å²) >= 11 is 1.38. The van der Waals surface area contributed by atoms with Crippen molar-refractivity contribution in [3.8, 4) is 5.75 Å².